The van der Waals surface area contributed by atoms with Gasteiger partial charge >= 0.3 is 0 Å². The standard InChI is InChI=1S/C11H20N4O/c1-5-10(14(2)3)11(16)12-8-9-6-7-13-15(9)4/h6-7,10H,5,8H2,1-4H3,(H,12,16). The molecule has 0 bridgehead atoms. The summed E-state index contributed by atoms with van der Waals surface area (Å²) in [5.74, 6) is 0.0636. The number of hydrogen-bond acceptors (Lipinski definition) is 3. The van der Waals surface area contributed by atoms with E-state index in [2.05, 4.69) is 10.4 Å². The van der Waals surface area contributed by atoms with Crippen LogP contribution in [0.5, 0.6) is 0 Å². The Balaban J connectivity index is 2.49. The van der Waals surface area contributed by atoms with Crippen LogP contribution in [0.1, 0.15) is 19.0 Å². The number of hydrogen-bond donors (Lipinski definition) is 1. The van der Waals surface area contributed by atoms with Crippen LogP contribution < -0.4 is 5.32 Å². The number of rotatable bonds is 5. The molecule has 16 heavy (non-hydrogen) atoms. The van der Waals surface area contributed by atoms with Gasteiger partial charge in [0.25, 0.3) is 0 Å². The molecule has 1 rings (SSSR count). The Labute approximate surface area is 96.4 Å². The zero-order chi connectivity index (χ0) is 12.1. The predicted octanol–water partition coefficient (Wildman–Crippen LogP) is 0.376. The maximum Gasteiger partial charge on any atom is 0.237 e. The third-order valence-corrected chi connectivity index (χ3v) is 2.68. The van der Waals surface area contributed by atoms with E-state index in [9.17, 15) is 4.79 Å². The molecule has 0 saturated heterocycles. The number of nitrogens with one attached hydrogen (secondary N) is 1. The van der Waals surface area contributed by atoms with E-state index in [1.165, 1.54) is 0 Å². The summed E-state index contributed by atoms with van der Waals surface area (Å²) in [5, 5.41) is 6.97. The van der Waals surface area contributed by atoms with Crippen molar-refractivity contribution in [3.63, 3.8) is 0 Å². The fourth-order valence-electron chi connectivity index (χ4n) is 1.66. The van der Waals surface area contributed by atoms with E-state index in [0.29, 0.717) is 6.54 Å². The fourth-order valence-corrected chi connectivity index (χ4v) is 1.66. The SMILES string of the molecule is CCC(C(=O)NCc1ccnn1C)N(C)C. The van der Waals surface area contributed by atoms with Gasteiger partial charge in [-0.15, -0.1) is 0 Å². The summed E-state index contributed by atoms with van der Waals surface area (Å²) in [6.45, 7) is 2.54. The van der Waals surface area contributed by atoms with E-state index in [4.69, 9.17) is 0 Å². The molecule has 90 valence electrons. The zero-order valence-corrected chi connectivity index (χ0v) is 10.4. The molecule has 5 nitrogen and oxygen atoms in total. The first-order valence-electron chi connectivity index (χ1n) is 5.47. The highest BCUT2D eigenvalue weighted by atomic mass is 16.2. The Kier molecular flexibility index (Phi) is 4.49. The molecule has 1 aromatic heterocycles. The van der Waals surface area contributed by atoms with E-state index in [0.717, 1.165) is 12.1 Å². The molecular weight excluding hydrogens is 204 g/mol. The van der Waals surface area contributed by atoms with Crippen molar-refractivity contribution in [2.45, 2.75) is 25.9 Å². The monoisotopic (exact) mass is 224 g/mol. The number of nitrogens with zero attached hydrogens (tertiary/aromatic N) is 3. The zero-order valence-electron chi connectivity index (χ0n) is 10.4. The van der Waals surface area contributed by atoms with Crippen molar-refractivity contribution in [1.29, 1.82) is 0 Å². The summed E-state index contributed by atoms with van der Waals surface area (Å²) in [6, 6.07) is 1.84. The quantitative estimate of drug-likeness (QED) is 0.786. The van der Waals surface area contributed by atoms with Gasteiger partial charge < -0.3 is 5.32 Å². The lowest BCUT2D eigenvalue weighted by molar-refractivity contribution is -0.125. The van der Waals surface area contributed by atoms with Crippen molar-refractivity contribution in [3.8, 4) is 0 Å². The van der Waals surface area contributed by atoms with Crippen LogP contribution in [0.3, 0.4) is 0 Å². The minimum atomic E-state index is -0.0618. The van der Waals surface area contributed by atoms with E-state index >= 15 is 0 Å². The number of aryl methyl sites for hydroxylation is 1. The lowest BCUT2D eigenvalue weighted by atomic mass is 10.2. The Morgan fingerprint density at radius 2 is 2.31 bits per heavy atom. The first-order chi connectivity index (χ1) is 7.56. The van der Waals surface area contributed by atoms with E-state index < -0.39 is 0 Å². The second-order valence-electron chi connectivity index (χ2n) is 4.05. The molecule has 1 heterocycles. The molecule has 0 aliphatic carbocycles. The highest BCUT2D eigenvalue weighted by Gasteiger charge is 2.18. The maximum absolute atomic E-state index is 11.8. The molecule has 5 heteroatoms. The van der Waals surface area contributed by atoms with Gasteiger partial charge in [-0.1, -0.05) is 6.92 Å². The molecule has 0 aromatic carbocycles. The molecule has 1 unspecified atom stereocenters. The van der Waals surface area contributed by atoms with Gasteiger partial charge in [0.05, 0.1) is 18.3 Å². The average Bonchev–Trinajstić information content (AvgIpc) is 2.61. The highest BCUT2D eigenvalue weighted by molar-refractivity contribution is 5.81. The minimum absolute atomic E-state index is 0.0618. The molecule has 0 saturated carbocycles. The number of amides is 1. The van der Waals surface area contributed by atoms with Crippen LogP contribution in [0.4, 0.5) is 0 Å². The number of aromatic nitrogens is 2. The molecule has 0 aliphatic rings. The fraction of sp³-hybridized carbons (Fsp3) is 0.636. The van der Waals surface area contributed by atoms with E-state index in [1.54, 1.807) is 10.9 Å². The molecule has 0 aliphatic heterocycles. The Hall–Kier alpha value is -1.36. The van der Waals surface area contributed by atoms with Gasteiger partial charge in [-0.3, -0.25) is 14.4 Å². The summed E-state index contributed by atoms with van der Waals surface area (Å²) >= 11 is 0. The normalized spacial score (nSPS) is 12.8. The Morgan fingerprint density at radius 1 is 1.62 bits per heavy atom. The summed E-state index contributed by atoms with van der Waals surface area (Å²) in [5.41, 5.74) is 1.00. The molecule has 1 N–H and O–H groups in total. The first-order valence-corrected chi connectivity index (χ1v) is 5.47. The predicted molar refractivity (Wildman–Crippen MR) is 62.8 cm³/mol. The summed E-state index contributed by atoms with van der Waals surface area (Å²) in [7, 11) is 5.69. The molecule has 0 fully saturated rings. The van der Waals surface area contributed by atoms with Crippen LogP contribution in [0.25, 0.3) is 0 Å². The minimum Gasteiger partial charge on any atom is -0.349 e. The third kappa shape index (κ3) is 3.06. The van der Waals surface area contributed by atoms with Crippen LogP contribution >= 0.6 is 0 Å². The maximum atomic E-state index is 11.8. The Bertz CT molecular complexity index is 346. The largest absolute Gasteiger partial charge is 0.349 e. The van der Waals surface area contributed by atoms with Gasteiger partial charge in [-0.25, -0.2) is 0 Å². The van der Waals surface area contributed by atoms with Crippen LogP contribution in [0.2, 0.25) is 0 Å². The molecule has 1 aromatic rings. The van der Waals surface area contributed by atoms with Crippen molar-refractivity contribution in [2.24, 2.45) is 7.05 Å². The third-order valence-electron chi connectivity index (χ3n) is 2.68. The van der Waals surface area contributed by atoms with Gasteiger partial charge in [0, 0.05) is 13.2 Å². The topological polar surface area (TPSA) is 50.2 Å². The average molecular weight is 224 g/mol. The first kappa shape index (κ1) is 12.7. The number of carbonyl (C=O) groups excluding carboxylic acids is 1. The van der Waals surface area contributed by atoms with Crippen molar-refractivity contribution in [3.05, 3.63) is 18.0 Å². The van der Waals surface area contributed by atoms with Crippen molar-refractivity contribution < 1.29 is 4.79 Å². The summed E-state index contributed by atoms with van der Waals surface area (Å²) in [6.07, 6.45) is 2.54. The summed E-state index contributed by atoms with van der Waals surface area (Å²) in [4.78, 5) is 13.8. The molecule has 0 radical (unpaired) electrons. The summed E-state index contributed by atoms with van der Waals surface area (Å²) < 4.78 is 1.76. The van der Waals surface area contributed by atoms with Crippen LogP contribution in [-0.2, 0) is 18.4 Å². The van der Waals surface area contributed by atoms with E-state index in [1.807, 2.05) is 39.0 Å². The molecular formula is C11H20N4O. The molecule has 1 amide bonds. The van der Waals surface area contributed by atoms with Crippen molar-refractivity contribution in [2.75, 3.05) is 14.1 Å². The highest BCUT2D eigenvalue weighted by Crippen LogP contribution is 2.00. The lowest BCUT2D eigenvalue weighted by Crippen LogP contribution is -2.42. The van der Waals surface area contributed by atoms with Crippen molar-refractivity contribution in [1.82, 2.24) is 20.0 Å². The molecule has 1 atom stereocenters. The lowest BCUT2D eigenvalue weighted by Gasteiger charge is -2.21. The van der Waals surface area contributed by atoms with Gasteiger partial charge in [-0.2, -0.15) is 5.10 Å². The molecule has 0 spiro atoms. The van der Waals surface area contributed by atoms with Gasteiger partial charge in [0.1, 0.15) is 0 Å². The second-order valence-corrected chi connectivity index (χ2v) is 4.05. The van der Waals surface area contributed by atoms with Crippen molar-refractivity contribution >= 4 is 5.91 Å². The smallest absolute Gasteiger partial charge is 0.237 e. The van der Waals surface area contributed by atoms with Crippen LogP contribution in [0.15, 0.2) is 12.3 Å². The number of carbonyl (C=O) groups is 1. The van der Waals surface area contributed by atoms with Crippen LogP contribution in [0, 0.1) is 0 Å². The van der Waals surface area contributed by atoms with Gasteiger partial charge in [-0.05, 0) is 26.6 Å². The van der Waals surface area contributed by atoms with Crippen LogP contribution in [-0.4, -0.2) is 40.7 Å². The van der Waals surface area contributed by atoms with E-state index in [-0.39, 0.29) is 11.9 Å². The second kappa shape index (κ2) is 5.65. The Morgan fingerprint density at radius 3 is 2.75 bits per heavy atom. The van der Waals surface area contributed by atoms with Gasteiger partial charge in [0.15, 0.2) is 0 Å². The number of likely N-dealkylation sites (N-methyl/N-ethyl adjacent to an activating group) is 1. The van der Waals surface area contributed by atoms with Gasteiger partial charge in [0.2, 0.25) is 5.91 Å².